The van der Waals surface area contributed by atoms with E-state index in [2.05, 4.69) is 20.8 Å². The first kappa shape index (κ1) is 7.96. The van der Waals surface area contributed by atoms with Crippen molar-refractivity contribution >= 4 is 0 Å². The first-order valence-corrected chi connectivity index (χ1v) is 3.14. The van der Waals surface area contributed by atoms with E-state index < -0.39 is 0 Å². The molecule has 1 heteroatoms. The van der Waals surface area contributed by atoms with Crippen LogP contribution in [0.2, 0.25) is 0 Å². The Labute approximate surface area is 51.7 Å². The van der Waals surface area contributed by atoms with Crippen LogP contribution in [-0.4, -0.2) is 11.2 Å². The molecular formula is C7H15O. The summed E-state index contributed by atoms with van der Waals surface area (Å²) in [6.45, 7) is 7.75. The lowest BCUT2D eigenvalue weighted by molar-refractivity contribution is 0.200. The zero-order chi connectivity index (χ0) is 6.57. The van der Waals surface area contributed by atoms with Crippen LogP contribution in [0.5, 0.6) is 0 Å². The quantitative estimate of drug-likeness (QED) is 0.592. The third-order valence-corrected chi connectivity index (χ3v) is 1.08. The molecule has 0 aromatic carbocycles. The van der Waals surface area contributed by atoms with Gasteiger partial charge in [-0.2, -0.15) is 0 Å². The summed E-state index contributed by atoms with van der Waals surface area (Å²) in [5, 5.41) is 8.69. The van der Waals surface area contributed by atoms with E-state index in [4.69, 9.17) is 5.11 Å². The average Bonchev–Trinajstić information content (AvgIpc) is 1.61. The molecule has 1 unspecified atom stereocenters. The van der Waals surface area contributed by atoms with E-state index in [1.807, 2.05) is 0 Å². The summed E-state index contributed by atoms with van der Waals surface area (Å²) in [6, 6.07) is 0. The highest BCUT2D eigenvalue weighted by molar-refractivity contribution is 4.57. The van der Waals surface area contributed by atoms with Gasteiger partial charge in [0.05, 0.1) is 6.10 Å². The van der Waals surface area contributed by atoms with E-state index in [1.54, 1.807) is 0 Å². The van der Waals surface area contributed by atoms with Crippen LogP contribution in [0, 0.1) is 12.8 Å². The van der Waals surface area contributed by atoms with Crippen LogP contribution >= 0.6 is 0 Å². The van der Waals surface area contributed by atoms with Gasteiger partial charge in [0.2, 0.25) is 0 Å². The number of hydrogen-bond donors (Lipinski definition) is 1. The zero-order valence-electron chi connectivity index (χ0n) is 5.72. The molecule has 1 radical (unpaired) electrons. The van der Waals surface area contributed by atoms with Crippen molar-refractivity contribution in [3.05, 3.63) is 6.92 Å². The maximum absolute atomic E-state index is 8.69. The predicted octanol–water partition coefficient (Wildman–Crippen LogP) is 1.62. The van der Waals surface area contributed by atoms with Gasteiger partial charge in [-0.05, 0) is 25.7 Å². The minimum Gasteiger partial charge on any atom is -0.393 e. The highest BCUT2D eigenvalue weighted by Crippen LogP contribution is 2.04. The Morgan fingerprint density at radius 2 is 1.88 bits per heavy atom. The predicted molar refractivity (Wildman–Crippen MR) is 35.4 cm³/mol. The second-order valence-corrected chi connectivity index (χ2v) is 2.63. The fourth-order valence-corrected chi connectivity index (χ4v) is 0.526. The van der Waals surface area contributed by atoms with Gasteiger partial charge < -0.3 is 5.11 Å². The van der Waals surface area contributed by atoms with Crippen molar-refractivity contribution in [2.45, 2.75) is 32.8 Å². The fraction of sp³-hybridized carbons (Fsp3) is 0.857. The highest BCUT2D eigenvalue weighted by Gasteiger charge is 1.97. The molecule has 1 atom stereocenters. The van der Waals surface area contributed by atoms with Crippen LogP contribution in [0.25, 0.3) is 0 Å². The number of hydrogen-bond acceptors (Lipinski definition) is 1. The summed E-state index contributed by atoms with van der Waals surface area (Å²) in [7, 11) is 0. The van der Waals surface area contributed by atoms with E-state index in [0.717, 1.165) is 12.8 Å². The lowest BCUT2D eigenvalue weighted by Crippen LogP contribution is -2.01. The molecule has 0 aliphatic rings. The van der Waals surface area contributed by atoms with Crippen molar-refractivity contribution in [1.82, 2.24) is 0 Å². The van der Waals surface area contributed by atoms with Crippen molar-refractivity contribution < 1.29 is 5.11 Å². The molecule has 1 nitrogen and oxygen atoms in total. The summed E-state index contributed by atoms with van der Waals surface area (Å²) in [5.74, 6) is 0.686. The molecule has 0 amide bonds. The van der Waals surface area contributed by atoms with Gasteiger partial charge in [0.15, 0.2) is 0 Å². The Bertz CT molecular complexity index is 40.3. The van der Waals surface area contributed by atoms with Gasteiger partial charge in [-0.1, -0.05) is 13.8 Å². The highest BCUT2D eigenvalue weighted by atomic mass is 16.3. The minimum absolute atomic E-state index is 0.364. The van der Waals surface area contributed by atoms with Crippen molar-refractivity contribution in [2.24, 2.45) is 5.92 Å². The van der Waals surface area contributed by atoms with E-state index in [0.29, 0.717) is 5.92 Å². The van der Waals surface area contributed by atoms with Gasteiger partial charge >= 0.3 is 0 Å². The third kappa shape index (κ3) is 5.96. The molecule has 49 valence electrons. The fourth-order valence-electron chi connectivity index (χ4n) is 0.526. The normalized spacial score (nSPS) is 14.6. The molecule has 0 bridgehead atoms. The Hall–Kier alpha value is -0.0400. The Kier molecular flexibility index (Phi) is 3.88. The van der Waals surface area contributed by atoms with Crippen LogP contribution in [-0.2, 0) is 0 Å². The molecule has 0 aliphatic heterocycles. The van der Waals surface area contributed by atoms with Gasteiger partial charge in [-0.25, -0.2) is 0 Å². The molecule has 0 aromatic rings. The molecular weight excluding hydrogens is 100 g/mol. The molecule has 0 spiro atoms. The molecule has 0 aromatic heterocycles. The zero-order valence-corrected chi connectivity index (χ0v) is 5.72. The third-order valence-electron chi connectivity index (χ3n) is 1.08. The monoisotopic (exact) mass is 115 g/mol. The van der Waals surface area contributed by atoms with E-state index >= 15 is 0 Å². The maximum Gasteiger partial charge on any atom is 0.0541 e. The SMILES string of the molecule is [CH2]C(O)CCC(C)C. The number of rotatable bonds is 3. The first-order chi connectivity index (χ1) is 3.63. The standard InChI is InChI=1S/C7H15O/c1-6(2)4-5-7(3)8/h6-8H,3-5H2,1-2H3. The van der Waals surface area contributed by atoms with Crippen molar-refractivity contribution in [3.8, 4) is 0 Å². The van der Waals surface area contributed by atoms with E-state index in [9.17, 15) is 0 Å². The molecule has 0 fully saturated rings. The number of aliphatic hydroxyl groups is 1. The summed E-state index contributed by atoms with van der Waals surface area (Å²) in [4.78, 5) is 0. The molecule has 1 N–H and O–H groups in total. The van der Waals surface area contributed by atoms with Gasteiger partial charge in [0, 0.05) is 0 Å². The smallest absolute Gasteiger partial charge is 0.0541 e. The summed E-state index contributed by atoms with van der Waals surface area (Å²) >= 11 is 0. The Morgan fingerprint density at radius 3 is 2.00 bits per heavy atom. The maximum atomic E-state index is 8.69. The van der Waals surface area contributed by atoms with Crippen LogP contribution in [0.3, 0.4) is 0 Å². The second-order valence-electron chi connectivity index (χ2n) is 2.63. The molecule has 0 saturated carbocycles. The molecule has 8 heavy (non-hydrogen) atoms. The van der Waals surface area contributed by atoms with Gasteiger partial charge in [0.1, 0.15) is 0 Å². The van der Waals surface area contributed by atoms with Crippen LogP contribution in [0.15, 0.2) is 0 Å². The minimum atomic E-state index is -0.364. The van der Waals surface area contributed by atoms with Gasteiger partial charge in [-0.15, -0.1) is 0 Å². The Balaban J connectivity index is 2.93. The van der Waals surface area contributed by atoms with Crippen LogP contribution < -0.4 is 0 Å². The number of aliphatic hydroxyl groups excluding tert-OH is 1. The topological polar surface area (TPSA) is 20.2 Å². The summed E-state index contributed by atoms with van der Waals surface area (Å²) in [6.07, 6.45) is 1.54. The van der Waals surface area contributed by atoms with E-state index in [-0.39, 0.29) is 6.10 Å². The van der Waals surface area contributed by atoms with Gasteiger partial charge in [0.25, 0.3) is 0 Å². The second kappa shape index (κ2) is 3.90. The molecule has 0 rings (SSSR count). The van der Waals surface area contributed by atoms with Crippen LogP contribution in [0.1, 0.15) is 26.7 Å². The molecule has 0 aliphatic carbocycles. The molecule has 0 heterocycles. The van der Waals surface area contributed by atoms with Crippen LogP contribution in [0.4, 0.5) is 0 Å². The average molecular weight is 115 g/mol. The lowest BCUT2D eigenvalue weighted by Gasteiger charge is -2.04. The largest absolute Gasteiger partial charge is 0.393 e. The van der Waals surface area contributed by atoms with Crippen molar-refractivity contribution in [2.75, 3.05) is 0 Å². The van der Waals surface area contributed by atoms with E-state index in [1.165, 1.54) is 0 Å². The first-order valence-electron chi connectivity index (χ1n) is 3.14. The van der Waals surface area contributed by atoms with Crippen molar-refractivity contribution in [1.29, 1.82) is 0 Å². The lowest BCUT2D eigenvalue weighted by atomic mass is 10.1. The summed E-state index contributed by atoms with van der Waals surface area (Å²) < 4.78 is 0. The van der Waals surface area contributed by atoms with Gasteiger partial charge in [-0.3, -0.25) is 0 Å². The van der Waals surface area contributed by atoms with Crippen molar-refractivity contribution in [3.63, 3.8) is 0 Å². The Morgan fingerprint density at radius 1 is 1.38 bits per heavy atom. The molecule has 0 saturated heterocycles. The summed E-state index contributed by atoms with van der Waals surface area (Å²) in [5.41, 5.74) is 0.